The fraction of sp³-hybridized carbons (Fsp3) is 0.643. The Morgan fingerprint density at radius 2 is 2.11 bits per heavy atom. The molecule has 0 spiro atoms. The van der Waals surface area contributed by atoms with E-state index in [9.17, 15) is 14.4 Å². The van der Waals surface area contributed by atoms with Crippen LogP contribution in [0.3, 0.4) is 0 Å². The summed E-state index contributed by atoms with van der Waals surface area (Å²) in [5.74, 6) is -0.549. The number of hydrogen-bond acceptors (Lipinski definition) is 4. The Labute approximate surface area is 106 Å². The third-order valence-electron chi connectivity index (χ3n) is 3.76. The van der Waals surface area contributed by atoms with Crippen molar-refractivity contribution in [3.8, 4) is 0 Å². The van der Waals surface area contributed by atoms with Crippen LogP contribution in [0.4, 0.5) is 0 Å². The van der Waals surface area contributed by atoms with Crippen molar-refractivity contribution in [2.24, 2.45) is 11.8 Å². The van der Waals surface area contributed by atoms with E-state index in [0.29, 0.717) is 25.7 Å². The van der Waals surface area contributed by atoms with Crippen LogP contribution < -0.4 is 0 Å². The van der Waals surface area contributed by atoms with Crippen LogP contribution in [0.1, 0.15) is 39.0 Å². The van der Waals surface area contributed by atoms with Crippen LogP contribution in [0.25, 0.3) is 0 Å². The fourth-order valence-corrected chi connectivity index (χ4v) is 2.77. The first-order chi connectivity index (χ1) is 8.63. The molecule has 2 rings (SSSR count). The van der Waals surface area contributed by atoms with Crippen molar-refractivity contribution >= 4 is 17.5 Å². The summed E-state index contributed by atoms with van der Waals surface area (Å²) in [4.78, 5) is 35.6. The van der Waals surface area contributed by atoms with Gasteiger partial charge in [-0.05, 0) is 32.6 Å². The summed E-state index contributed by atoms with van der Waals surface area (Å²) in [7, 11) is 0. The molecule has 18 heavy (non-hydrogen) atoms. The van der Waals surface area contributed by atoms with Crippen molar-refractivity contribution < 1.29 is 19.1 Å². The molecule has 0 aromatic heterocycles. The number of ether oxygens (including phenoxy) is 1. The molecule has 2 aliphatic carbocycles. The zero-order valence-electron chi connectivity index (χ0n) is 10.6. The molecule has 0 aromatic carbocycles. The third-order valence-corrected chi connectivity index (χ3v) is 3.76. The highest BCUT2D eigenvalue weighted by atomic mass is 16.5. The van der Waals surface area contributed by atoms with E-state index in [1.807, 2.05) is 0 Å². The number of ketones is 2. The van der Waals surface area contributed by atoms with Gasteiger partial charge in [0.05, 0.1) is 12.2 Å². The van der Waals surface area contributed by atoms with Gasteiger partial charge in [0.25, 0.3) is 0 Å². The van der Waals surface area contributed by atoms with Crippen molar-refractivity contribution in [3.05, 3.63) is 11.6 Å². The zero-order chi connectivity index (χ0) is 13.1. The van der Waals surface area contributed by atoms with Crippen LogP contribution in [-0.2, 0) is 19.1 Å². The number of Topliss-reactive ketones (excluding diaryl/α,β-unsaturated/α-hetero) is 2. The first-order valence-electron chi connectivity index (χ1n) is 6.57. The number of hydrogen-bond donors (Lipinski definition) is 0. The summed E-state index contributed by atoms with van der Waals surface area (Å²) in [6.45, 7) is 2.00. The van der Waals surface area contributed by atoms with E-state index in [1.54, 1.807) is 13.0 Å². The zero-order valence-corrected chi connectivity index (χ0v) is 10.6. The maximum Gasteiger partial charge on any atom is 0.341 e. The summed E-state index contributed by atoms with van der Waals surface area (Å²) in [5.41, 5.74) is 0.189. The van der Waals surface area contributed by atoms with Gasteiger partial charge in [-0.2, -0.15) is 0 Å². The molecule has 2 bridgehead atoms. The molecule has 1 saturated carbocycles. The van der Waals surface area contributed by atoms with E-state index in [2.05, 4.69) is 0 Å². The Morgan fingerprint density at radius 3 is 2.83 bits per heavy atom. The quantitative estimate of drug-likeness (QED) is 0.554. The lowest BCUT2D eigenvalue weighted by atomic mass is 9.73. The summed E-state index contributed by atoms with van der Waals surface area (Å²) < 4.78 is 4.91. The average molecular weight is 250 g/mol. The number of carbonyl (C=O) groups is 3. The van der Waals surface area contributed by atoms with Gasteiger partial charge in [-0.3, -0.25) is 9.59 Å². The number of carbonyl (C=O) groups excluding carboxylic acids is 3. The van der Waals surface area contributed by atoms with Crippen molar-refractivity contribution in [3.63, 3.8) is 0 Å². The Balaban J connectivity index is 2.20. The third kappa shape index (κ3) is 2.52. The van der Waals surface area contributed by atoms with Crippen LogP contribution >= 0.6 is 0 Å². The van der Waals surface area contributed by atoms with Crippen LogP contribution in [0.2, 0.25) is 0 Å². The van der Waals surface area contributed by atoms with Gasteiger partial charge in [0.15, 0.2) is 5.78 Å². The predicted molar refractivity (Wildman–Crippen MR) is 64.8 cm³/mol. The maximum absolute atomic E-state index is 12.3. The molecule has 0 radical (unpaired) electrons. The van der Waals surface area contributed by atoms with Crippen molar-refractivity contribution in [2.75, 3.05) is 6.61 Å². The smallest absolute Gasteiger partial charge is 0.341 e. The van der Waals surface area contributed by atoms with Gasteiger partial charge in [-0.1, -0.05) is 6.08 Å². The van der Waals surface area contributed by atoms with E-state index in [1.165, 1.54) is 0 Å². The number of rotatable bonds is 2. The molecule has 2 aliphatic rings. The highest BCUT2D eigenvalue weighted by Gasteiger charge is 2.36. The minimum atomic E-state index is -0.516. The van der Waals surface area contributed by atoms with Gasteiger partial charge < -0.3 is 4.74 Å². The molecular weight excluding hydrogens is 232 g/mol. The summed E-state index contributed by atoms with van der Waals surface area (Å²) >= 11 is 0. The molecule has 98 valence electrons. The summed E-state index contributed by atoms with van der Waals surface area (Å²) in [6.07, 6.45) is 4.64. The SMILES string of the molecule is CCOC(=O)/C1=C/CC[C@H]2C[C@H](CCC2=O)C1=O. The summed E-state index contributed by atoms with van der Waals surface area (Å²) in [6, 6.07) is 0. The highest BCUT2D eigenvalue weighted by Crippen LogP contribution is 2.34. The molecule has 0 amide bonds. The molecule has 4 nitrogen and oxygen atoms in total. The minimum absolute atomic E-state index is 0.00713. The van der Waals surface area contributed by atoms with Crippen LogP contribution in [0.5, 0.6) is 0 Å². The van der Waals surface area contributed by atoms with Gasteiger partial charge in [-0.15, -0.1) is 0 Å². The molecule has 0 aliphatic heterocycles. The van der Waals surface area contributed by atoms with E-state index >= 15 is 0 Å². The predicted octanol–water partition coefficient (Wildman–Crippen LogP) is 1.82. The van der Waals surface area contributed by atoms with E-state index in [4.69, 9.17) is 4.74 Å². The largest absolute Gasteiger partial charge is 0.462 e. The van der Waals surface area contributed by atoms with E-state index in [0.717, 1.165) is 6.42 Å². The average Bonchev–Trinajstić information content (AvgIpc) is 2.34. The molecule has 0 saturated heterocycles. The Bertz CT molecular complexity index is 408. The summed E-state index contributed by atoms with van der Waals surface area (Å²) in [5, 5.41) is 0. The van der Waals surface area contributed by atoms with Gasteiger partial charge in [0.2, 0.25) is 0 Å². The fourth-order valence-electron chi connectivity index (χ4n) is 2.77. The van der Waals surface area contributed by atoms with Crippen LogP contribution in [-0.4, -0.2) is 24.1 Å². The normalized spacial score (nSPS) is 31.1. The topological polar surface area (TPSA) is 60.4 Å². The Hall–Kier alpha value is -1.45. The maximum atomic E-state index is 12.3. The lowest BCUT2D eigenvalue weighted by Gasteiger charge is -2.29. The van der Waals surface area contributed by atoms with Gasteiger partial charge in [-0.25, -0.2) is 4.79 Å². The monoisotopic (exact) mass is 250 g/mol. The molecule has 1 fully saturated rings. The molecular formula is C14H18O4. The number of fused-ring (bicyclic) bond motifs is 2. The Morgan fingerprint density at radius 1 is 1.33 bits per heavy atom. The van der Waals surface area contributed by atoms with Crippen molar-refractivity contribution in [1.82, 2.24) is 0 Å². The molecule has 0 aromatic rings. The second kappa shape index (κ2) is 5.46. The molecule has 2 atom stereocenters. The van der Waals surface area contributed by atoms with Crippen molar-refractivity contribution in [1.29, 1.82) is 0 Å². The molecule has 0 heterocycles. The highest BCUT2D eigenvalue weighted by molar-refractivity contribution is 6.18. The second-order valence-electron chi connectivity index (χ2n) is 4.91. The lowest BCUT2D eigenvalue weighted by molar-refractivity contribution is -0.140. The lowest BCUT2D eigenvalue weighted by Crippen LogP contribution is -2.33. The van der Waals surface area contributed by atoms with Crippen LogP contribution in [0.15, 0.2) is 11.6 Å². The van der Waals surface area contributed by atoms with Gasteiger partial charge >= 0.3 is 5.97 Å². The number of allylic oxidation sites excluding steroid dienone is 1. The Kier molecular flexibility index (Phi) is 3.94. The van der Waals surface area contributed by atoms with E-state index < -0.39 is 5.97 Å². The first kappa shape index (κ1) is 13.0. The van der Waals surface area contributed by atoms with Gasteiger partial charge in [0.1, 0.15) is 5.78 Å². The molecule has 0 N–H and O–H groups in total. The van der Waals surface area contributed by atoms with Crippen molar-refractivity contribution in [2.45, 2.75) is 39.0 Å². The first-order valence-corrected chi connectivity index (χ1v) is 6.57. The minimum Gasteiger partial charge on any atom is -0.462 e. The standard InChI is InChI=1S/C14H18O4/c1-2-18-14(17)11-5-3-4-9-8-10(13(11)16)6-7-12(9)15/h5,9-10H,2-4,6-8H2,1H3/b11-5+/t9-,10-/m0/s1. The second-order valence-corrected chi connectivity index (χ2v) is 4.91. The van der Waals surface area contributed by atoms with Crippen LogP contribution in [0, 0.1) is 11.8 Å². The molecule has 0 unspecified atom stereocenters. The number of esters is 1. The van der Waals surface area contributed by atoms with Gasteiger partial charge in [0, 0.05) is 18.3 Å². The molecule has 4 heteroatoms. The van der Waals surface area contributed by atoms with E-state index in [-0.39, 0.29) is 35.6 Å².